The van der Waals surface area contributed by atoms with Gasteiger partial charge in [-0.25, -0.2) is 0 Å². The zero-order chi connectivity index (χ0) is 14.3. The lowest BCUT2D eigenvalue weighted by atomic mass is 10.3. The van der Waals surface area contributed by atoms with E-state index in [1.165, 1.54) is 4.90 Å². The highest BCUT2D eigenvalue weighted by molar-refractivity contribution is 5.78. The van der Waals surface area contributed by atoms with E-state index in [2.05, 4.69) is 10.3 Å². The van der Waals surface area contributed by atoms with E-state index < -0.39 is 12.7 Å². The summed E-state index contributed by atoms with van der Waals surface area (Å²) in [5.41, 5.74) is 0.702. The smallest absolute Gasteiger partial charge is 0.336 e. The number of rotatable bonds is 6. The maximum absolute atomic E-state index is 11.9. The minimum atomic E-state index is -4.31. The molecule has 1 N–H and O–H groups in total. The molecule has 1 amide bonds. The summed E-state index contributed by atoms with van der Waals surface area (Å²) in [5.74, 6) is -0.377. The Labute approximate surface area is 109 Å². The fourth-order valence-corrected chi connectivity index (χ4v) is 1.49. The zero-order valence-corrected chi connectivity index (χ0v) is 10.6. The van der Waals surface area contributed by atoms with Crippen LogP contribution in [0.5, 0.6) is 0 Å². The lowest BCUT2D eigenvalue weighted by molar-refractivity contribution is -0.134. The maximum Gasteiger partial charge on any atom is 0.401 e. The molecular weight excluding hydrogens is 259 g/mol. The topological polar surface area (TPSA) is 45.2 Å². The summed E-state index contributed by atoms with van der Waals surface area (Å²) in [5, 5.41) is 2.09. The molecular formula is C12H16F3N3O. The molecule has 0 aromatic carbocycles. The van der Waals surface area contributed by atoms with Crippen molar-refractivity contribution in [1.82, 2.24) is 15.2 Å². The Morgan fingerprint density at radius 3 is 2.68 bits per heavy atom. The van der Waals surface area contributed by atoms with Crippen molar-refractivity contribution in [2.45, 2.75) is 19.6 Å². The molecule has 4 nitrogen and oxygen atoms in total. The van der Waals surface area contributed by atoms with Crippen LogP contribution in [0, 0.1) is 0 Å². The molecule has 0 spiro atoms. The highest BCUT2D eigenvalue weighted by Gasteiger charge is 2.27. The van der Waals surface area contributed by atoms with Gasteiger partial charge in [-0.15, -0.1) is 0 Å². The van der Waals surface area contributed by atoms with Gasteiger partial charge in [-0.2, -0.15) is 13.2 Å². The predicted octanol–water partition coefficient (Wildman–Crippen LogP) is 1.58. The van der Waals surface area contributed by atoms with E-state index >= 15 is 0 Å². The summed E-state index contributed by atoms with van der Waals surface area (Å²) in [7, 11) is 0. The van der Waals surface area contributed by atoms with Crippen LogP contribution in [0.2, 0.25) is 0 Å². The molecule has 0 fully saturated rings. The van der Waals surface area contributed by atoms with E-state index in [1.807, 2.05) is 0 Å². The van der Waals surface area contributed by atoms with Gasteiger partial charge in [0.25, 0.3) is 0 Å². The minimum absolute atomic E-state index is 0.296. The van der Waals surface area contributed by atoms with Crippen LogP contribution in [0.4, 0.5) is 13.2 Å². The Morgan fingerprint density at radius 2 is 2.16 bits per heavy atom. The van der Waals surface area contributed by atoms with Crippen molar-refractivity contribution in [3.8, 4) is 0 Å². The van der Waals surface area contributed by atoms with Gasteiger partial charge in [0, 0.05) is 12.7 Å². The number of nitrogens with one attached hydrogen (secondary N) is 1. The maximum atomic E-state index is 11.9. The van der Waals surface area contributed by atoms with Gasteiger partial charge in [0.15, 0.2) is 0 Å². The average molecular weight is 275 g/mol. The number of alkyl halides is 3. The van der Waals surface area contributed by atoms with Crippen LogP contribution in [0.25, 0.3) is 0 Å². The Hall–Kier alpha value is -1.63. The van der Waals surface area contributed by atoms with E-state index in [1.54, 1.807) is 31.3 Å². The summed E-state index contributed by atoms with van der Waals surface area (Å²) >= 11 is 0. The summed E-state index contributed by atoms with van der Waals surface area (Å²) in [4.78, 5) is 17.3. The van der Waals surface area contributed by atoms with Crippen molar-refractivity contribution in [2.24, 2.45) is 0 Å². The van der Waals surface area contributed by atoms with Gasteiger partial charge in [0.2, 0.25) is 5.91 Å². The van der Waals surface area contributed by atoms with Crippen molar-refractivity contribution in [2.75, 3.05) is 19.6 Å². The molecule has 19 heavy (non-hydrogen) atoms. The quantitative estimate of drug-likeness (QED) is 0.857. The van der Waals surface area contributed by atoms with Gasteiger partial charge in [-0.1, -0.05) is 6.07 Å². The number of pyridine rings is 1. The van der Waals surface area contributed by atoms with Gasteiger partial charge in [-0.05, 0) is 19.1 Å². The molecule has 1 aromatic rings. The number of halogens is 3. The van der Waals surface area contributed by atoms with Crippen molar-refractivity contribution >= 4 is 5.91 Å². The number of likely N-dealkylation sites (N-methyl/N-ethyl adjacent to an activating group) is 1. The molecule has 0 atom stereocenters. The molecule has 1 aromatic heterocycles. The van der Waals surface area contributed by atoms with Crippen LogP contribution >= 0.6 is 0 Å². The molecule has 0 radical (unpaired) electrons. The predicted molar refractivity (Wildman–Crippen MR) is 64.3 cm³/mol. The average Bonchev–Trinajstić information content (AvgIpc) is 2.35. The standard InChI is InChI=1S/C12H16F3N3O/c1-2-18(8-10-5-3-4-6-17-10)11(19)7-16-9-12(13,14)15/h3-6,16H,2,7-9H2,1H3. The van der Waals surface area contributed by atoms with E-state index in [0.717, 1.165) is 0 Å². The second-order valence-corrected chi connectivity index (χ2v) is 3.95. The summed E-state index contributed by atoms with van der Waals surface area (Å²) in [6.07, 6.45) is -2.70. The molecule has 0 aliphatic heterocycles. The number of carbonyl (C=O) groups excluding carboxylic acids is 1. The zero-order valence-electron chi connectivity index (χ0n) is 10.6. The first-order valence-electron chi connectivity index (χ1n) is 5.87. The highest BCUT2D eigenvalue weighted by Crippen LogP contribution is 2.12. The largest absolute Gasteiger partial charge is 0.401 e. The van der Waals surface area contributed by atoms with E-state index in [-0.39, 0.29) is 12.5 Å². The monoisotopic (exact) mass is 275 g/mol. The molecule has 0 unspecified atom stereocenters. The van der Waals surface area contributed by atoms with Crippen LogP contribution in [0.15, 0.2) is 24.4 Å². The van der Waals surface area contributed by atoms with Crippen molar-refractivity contribution in [3.63, 3.8) is 0 Å². The van der Waals surface area contributed by atoms with Crippen LogP contribution in [-0.2, 0) is 11.3 Å². The number of carbonyl (C=O) groups is 1. The third-order valence-electron chi connectivity index (χ3n) is 2.42. The highest BCUT2D eigenvalue weighted by atomic mass is 19.4. The fraction of sp³-hybridized carbons (Fsp3) is 0.500. The summed E-state index contributed by atoms with van der Waals surface area (Å²) in [6.45, 7) is 0.984. The second kappa shape index (κ2) is 7.08. The second-order valence-electron chi connectivity index (χ2n) is 3.95. The third-order valence-corrected chi connectivity index (χ3v) is 2.42. The minimum Gasteiger partial charge on any atom is -0.336 e. The van der Waals surface area contributed by atoms with Crippen LogP contribution in [0.1, 0.15) is 12.6 Å². The first kappa shape index (κ1) is 15.4. The van der Waals surface area contributed by atoms with E-state index in [0.29, 0.717) is 18.8 Å². The van der Waals surface area contributed by atoms with Gasteiger partial charge in [-0.3, -0.25) is 9.78 Å². The van der Waals surface area contributed by atoms with Gasteiger partial charge in [0.1, 0.15) is 0 Å². The van der Waals surface area contributed by atoms with Crippen LogP contribution in [0.3, 0.4) is 0 Å². The molecule has 1 rings (SSSR count). The number of hydrogen-bond acceptors (Lipinski definition) is 3. The first-order valence-corrected chi connectivity index (χ1v) is 5.87. The van der Waals surface area contributed by atoms with Gasteiger partial charge >= 0.3 is 6.18 Å². The van der Waals surface area contributed by atoms with Gasteiger partial charge < -0.3 is 10.2 Å². The van der Waals surface area contributed by atoms with Gasteiger partial charge in [0.05, 0.1) is 25.3 Å². The van der Waals surface area contributed by atoms with Crippen LogP contribution in [-0.4, -0.2) is 41.6 Å². The molecule has 0 saturated heterocycles. The first-order chi connectivity index (χ1) is 8.92. The van der Waals surface area contributed by atoms with E-state index in [4.69, 9.17) is 0 Å². The van der Waals surface area contributed by atoms with E-state index in [9.17, 15) is 18.0 Å². The molecule has 7 heteroatoms. The fourth-order valence-electron chi connectivity index (χ4n) is 1.49. The molecule has 0 bridgehead atoms. The molecule has 106 valence electrons. The van der Waals surface area contributed by atoms with Crippen LogP contribution < -0.4 is 5.32 Å². The molecule has 1 heterocycles. The Kier molecular flexibility index (Phi) is 5.75. The van der Waals surface area contributed by atoms with Crippen molar-refractivity contribution < 1.29 is 18.0 Å². The lowest BCUT2D eigenvalue weighted by Gasteiger charge is -2.21. The Balaban J connectivity index is 2.44. The molecule has 0 aliphatic rings. The van der Waals surface area contributed by atoms with Crippen molar-refractivity contribution in [1.29, 1.82) is 0 Å². The Morgan fingerprint density at radius 1 is 1.42 bits per heavy atom. The number of nitrogens with zero attached hydrogens (tertiary/aromatic N) is 2. The number of aromatic nitrogens is 1. The molecule has 0 saturated carbocycles. The normalized spacial score (nSPS) is 11.4. The Bertz CT molecular complexity index is 395. The number of hydrogen-bond donors (Lipinski definition) is 1. The summed E-state index contributed by atoms with van der Waals surface area (Å²) < 4.78 is 35.8. The SMILES string of the molecule is CCN(Cc1ccccn1)C(=O)CNCC(F)(F)F. The number of amides is 1. The lowest BCUT2D eigenvalue weighted by Crippen LogP contribution is -2.40. The van der Waals surface area contributed by atoms with Crippen molar-refractivity contribution in [3.05, 3.63) is 30.1 Å². The summed E-state index contributed by atoms with van der Waals surface area (Å²) in [6, 6.07) is 5.31. The molecule has 0 aliphatic carbocycles. The third kappa shape index (κ3) is 6.19.